The maximum Gasteiger partial charge on any atom is 0.118 e. The molecule has 0 heterocycles. The van der Waals surface area contributed by atoms with Gasteiger partial charge >= 0.3 is 0 Å². The van der Waals surface area contributed by atoms with Crippen molar-refractivity contribution in [2.24, 2.45) is 29.6 Å². The van der Waals surface area contributed by atoms with Gasteiger partial charge in [-0.05, 0) is 216 Å². The highest BCUT2D eigenvalue weighted by atomic mass is 16.5. The lowest BCUT2D eigenvalue weighted by molar-refractivity contribution is 0.259. The lowest BCUT2D eigenvalue weighted by Gasteiger charge is -2.23. The van der Waals surface area contributed by atoms with E-state index in [1.807, 2.05) is 309 Å². The molecule has 15 rings (SSSR count). The zero-order valence-corrected chi connectivity index (χ0v) is 88.2. The third-order valence-corrected chi connectivity index (χ3v) is 17.8. The smallest absolute Gasteiger partial charge is 0.118 e. The predicted molar refractivity (Wildman–Crippen MR) is 580 cm³/mol. The van der Waals surface area contributed by atoms with Crippen molar-refractivity contribution in [1.82, 2.24) is 0 Å². The number of para-hydroxylation sites is 7. The van der Waals surface area contributed by atoms with E-state index in [9.17, 15) is 0 Å². The number of aryl methyl sites for hydroxylation is 4. The molecule has 718 valence electrons. The van der Waals surface area contributed by atoms with Crippen molar-refractivity contribution in [3.05, 3.63) is 356 Å². The van der Waals surface area contributed by atoms with Gasteiger partial charge in [0.05, 0.1) is 49.8 Å². The summed E-state index contributed by atoms with van der Waals surface area (Å²) in [6.07, 6.45) is 17.8. The van der Waals surface area contributed by atoms with Crippen LogP contribution in [0.5, 0.6) is 40.2 Å². The van der Waals surface area contributed by atoms with Crippen molar-refractivity contribution in [1.29, 1.82) is 0 Å². The van der Waals surface area contributed by atoms with E-state index in [1.165, 1.54) is 87.1 Å². The molecule has 12 aromatic rings. The molecule has 7 heteroatoms. The van der Waals surface area contributed by atoms with Crippen molar-refractivity contribution in [3.63, 3.8) is 0 Å². The van der Waals surface area contributed by atoms with E-state index >= 15 is 0 Å². The molecule has 3 aliphatic rings. The molecule has 4 atom stereocenters. The first-order valence-electron chi connectivity index (χ1n) is 48.9. The highest BCUT2D eigenvalue weighted by Gasteiger charge is 2.48. The number of fused-ring (bicyclic) bond motifs is 6. The van der Waals surface area contributed by atoms with Gasteiger partial charge in [-0.1, -0.05) is 461 Å². The first-order valence-corrected chi connectivity index (χ1v) is 48.9. The van der Waals surface area contributed by atoms with Crippen LogP contribution >= 0.6 is 0 Å². The normalized spacial score (nSPS) is 12.1. The molecule has 0 N–H and O–H groups in total. The van der Waals surface area contributed by atoms with Crippen LogP contribution in [0.4, 0.5) is 0 Å². The molecule has 12 aromatic carbocycles. The average molecular weight is 1770 g/mol. The third kappa shape index (κ3) is 73.0. The van der Waals surface area contributed by atoms with E-state index in [0.717, 1.165) is 71.8 Å². The SMILES string of the molecule is C1CC2C3CCC(C3)C2C1.CC.CC.CC.CC.CC.CC.CC.CC(C)C.CCC.CCC.CCC.CCc1ccc(-c2ccc(CC)cc2)cc1.CCc1ccc(CC)cc1.COc1ccccc1.COc1ccccc1.COc1ccccc1.COc1ccccc1.COc1ccccc1.COc1ccccc1.COc1ccccc1.c1ccc2ccccc2c1. The summed E-state index contributed by atoms with van der Waals surface area (Å²) in [6, 6.07) is 111. The minimum Gasteiger partial charge on any atom is -0.497 e. The second-order valence-electron chi connectivity index (χ2n) is 28.0. The van der Waals surface area contributed by atoms with E-state index < -0.39 is 0 Å². The summed E-state index contributed by atoms with van der Waals surface area (Å²) in [5, 5.41) is 2.62. The average Bonchev–Trinajstić information content (AvgIpc) is 1.62. The zero-order valence-electron chi connectivity index (χ0n) is 88.2. The first kappa shape index (κ1) is 132. The van der Waals surface area contributed by atoms with Crippen molar-refractivity contribution in [2.75, 3.05) is 49.8 Å². The van der Waals surface area contributed by atoms with Crippen LogP contribution in [0.25, 0.3) is 21.9 Å². The number of ether oxygens (including phenoxy) is 7. The lowest BCUT2D eigenvalue weighted by Crippen LogP contribution is -2.15. The Kier molecular flexibility index (Phi) is 105. The van der Waals surface area contributed by atoms with Crippen molar-refractivity contribution in [3.8, 4) is 51.4 Å². The maximum atomic E-state index is 4.91. The van der Waals surface area contributed by atoms with Gasteiger partial charge < -0.3 is 33.2 Å². The maximum absolute atomic E-state index is 4.91. The fourth-order valence-electron chi connectivity index (χ4n) is 11.9. The van der Waals surface area contributed by atoms with Gasteiger partial charge in [0, 0.05) is 0 Å². The Bertz CT molecular complexity index is 3470. The van der Waals surface area contributed by atoms with Gasteiger partial charge in [0.25, 0.3) is 0 Å². The minimum atomic E-state index is 0.833. The fourth-order valence-corrected chi connectivity index (χ4v) is 11.9. The van der Waals surface area contributed by atoms with Gasteiger partial charge in [-0.25, -0.2) is 0 Å². The Balaban J connectivity index is -0.000000248. The van der Waals surface area contributed by atoms with Gasteiger partial charge in [0.1, 0.15) is 40.2 Å². The largest absolute Gasteiger partial charge is 0.497 e. The van der Waals surface area contributed by atoms with Gasteiger partial charge in [-0.2, -0.15) is 0 Å². The van der Waals surface area contributed by atoms with Crippen LogP contribution in [-0.4, -0.2) is 49.8 Å². The molecule has 0 spiro atoms. The van der Waals surface area contributed by atoms with E-state index in [2.05, 4.69) is 211 Å². The van der Waals surface area contributed by atoms with Gasteiger partial charge in [-0.15, -0.1) is 0 Å². The quantitative estimate of drug-likeness (QED) is 0.121. The second kappa shape index (κ2) is 103. The van der Waals surface area contributed by atoms with E-state index in [-0.39, 0.29) is 0 Å². The third-order valence-electron chi connectivity index (χ3n) is 17.8. The molecule has 3 saturated carbocycles. The monoisotopic (exact) mass is 1770 g/mol. The molecule has 0 aliphatic heterocycles. The molecule has 3 fully saturated rings. The van der Waals surface area contributed by atoms with Crippen molar-refractivity contribution in [2.45, 2.75) is 270 Å². The Morgan fingerprint density at radius 3 is 0.481 bits per heavy atom. The molecule has 0 aromatic heterocycles. The molecule has 129 heavy (non-hydrogen) atoms. The Morgan fingerprint density at radius 2 is 0.349 bits per heavy atom. The highest BCUT2D eigenvalue weighted by Crippen LogP contribution is 2.58. The van der Waals surface area contributed by atoms with Gasteiger partial charge in [0.2, 0.25) is 0 Å². The zero-order chi connectivity index (χ0) is 98.6. The Hall–Kier alpha value is -10.5. The first-order chi connectivity index (χ1) is 63.1. The second-order valence-corrected chi connectivity index (χ2v) is 28.0. The molecule has 0 amide bonds. The van der Waals surface area contributed by atoms with Crippen molar-refractivity contribution >= 4 is 10.8 Å². The molecule has 4 unspecified atom stereocenters. The van der Waals surface area contributed by atoms with E-state index in [0.29, 0.717) is 0 Å². The number of methoxy groups -OCH3 is 7. The molecule has 0 saturated heterocycles. The summed E-state index contributed by atoms with van der Waals surface area (Å²) in [4.78, 5) is 0. The molecule has 0 radical (unpaired) electrons. The van der Waals surface area contributed by atoms with Gasteiger partial charge in [-0.3, -0.25) is 0 Å². The molecular formula is C122H188O7. The summed E-state index contributed by atoms with van der Waals surface area (Å²) >= 11 is 0. The highest BCUT2D eigenvalue weighted by molar-refractivity contribution is 5.82. The van der Waals surface area contributed by atoms with Crippen molar-refractivity contribution < 1.29 is 33.2 Å². The number of hydrogen-bond donors (Lipinski definition) is 0. The Morgan fingerprint density at radius 1 is 0.209 bits per heavy atom. The summed E-state index contributed by atoms with van der Waals surface area (Å²) in [7, 11) is 11.6. The molecule has 7 nitrogen and oxygen atoms in total. The number of benzene rings is 12. The van der Waals surface area contributed by atoms with Crippen LogP contribution in [0.2, 0.25) is 0 Å². The van der Waals surface area contributed by atoms with Crippen LogP contribution in [0, 0.1) is 29.6 Å². The summed E-state index contributed by atoms with van der Waals surface area (Å²) in [6.45, 7) is 56.0. The molecule has 2 bridgehead atoms. The Labute approximate surface area is 796 Å². The summed E-state index contributed by atoms with van der Waals surface area (Å²) in [5.74, 6) is 12.0. The number of rotatable bonds is 12. The van der Waals surface area contributed by atoms with E-state index in [4.69, 9.17) is 33.2 Å². The predicted octanol–water partition coefficient (Wildman–Crippen LogP) is 37.9. The van der Waals surface area contributed by atoms with Crippen LogP contribution in [0.15, 0.2) is 334 Å². The van der Waals surface area contributed by atoms with Crippen LogP contribution < -0.4 is 33.2 Å². The van der Waals surface area contributed by atoms with Crippen LogP contribution in [-0.2, 0) is 25.7 Å². The van der Waals surface area contributed by atoms with Crippen LogP contribution in [0.1, 0.15) is 267 Å². The standard InChI is InChI=1S/C16H18.C10H16.C10H8.C10H14.7C7H8O.C4H10.3C3H8.7C2H6/c1-3-13-5-9-15(10-6-13)16-11-7-14(4-2)8-12-16;1-2-9-7-4-5-8(6-7)10(9)3-1;1-2-6-10-8-4-3-7-9(10)5-1;1-3-9-5-7-10(4-2)8-6-9;7*1-8-7-5-3-2-4-6-7;1-4(2)3;3*1-3-2;7*1-2/h5-12H,3-4H2,1-2H3;7-10H,1-6H2;1-8H;5-8H,3-4H2,1-2H3;7*2-6H,1H3;4H,1-3H3;3*3H2,1-2H3;7*1-2H3. The fraction of sp³-hybridized carbons (Fsp3) is 0.426. The van der Waals surface area contributed by atoms with Crippen LogP contribution in [0.3, 0.4) is 0 Å². The lowest BCUT2D eigenvalue weighted by atomic mass is 9.82. The molecular weight excluding hydrogens is 1580 g/mol. The van der Waals surface area contributed by atoms with E-state index in [1.54, 1.807) is 88.3 Å². The summed E-state index contributed by atoms with van der Waals surface area (Å²) in [5.41, 5.74) is 8.26. The molecule has 3 aliphatic carbocycles. The number of hydrogen-bond acceptors (Lipinski definition) is 7. The minimum absolute atomic E-state index is 0.833. The van der Waals surface area contributed by atoms with Gasteiger partial charge in [0.15, 0.2) is 0 Å². The topological polar surface area (TPSA) is 64.6 Å². The summed E-state index contributed by atoms with van der Waals surface area (Å²) < 4.78 is 34.4.